The number of hydrogen-bond donors (Lipinski definition) is 1. The van der Waals surface area contributed by atoms with Crippen LogP contribution >= 0.6 is 0 Å². The zero-order valence-electron chi connectivity index (χ0n) is 5.58. The second-order valence-corrected chi connectivity index (χ2v) is 2.46. The first-order chi connectivity index (χ1) is 4.34. The Kier molecular flexibility index (Phi) is 2.25. The van der Waals surface area contributed by atoms with Crippen molar-refractivity contribution in [2.24, 2.45) is 0 Å². The van der Waals surface area contributed by atoms with Gasteiger partial charge in [-0.2, -0.15) is 5.06 Å². The van der Waals surface area contributed by atoms with E-state index >= 15 is 0 Å². The van der Waals surface area contributed by atoms with Crippen LogP contribution in [0.5, 0.6) is 0 Å². The van der Waals surface area contributed by atoms with E-state index in [2.05, 4.69) is 6.58 Å². The van der Waals surface area contributed by atoms with Gasteiger partial charge in [0.25, 0.3) is 0 Å². The molecule has 0 aromatic rings. The van der Waals surface area contributed by atoms with Crippen molar-refractivity contribution < 1.29 is 5.21 Å². The van der Waals surface area contributed by atoms with Crippen molar-refractivity contribution in [1.82, 2.24) is 5.06 Å². The molecule has 1 saturated heterocycles. The van der Waals surface area contributed by atoms with Crippen LogP contribution in [0.4, 0.5) is 0 Å². The lowest BCUT2D eigenvalue weighted by Gasteiger charge is -2.27. The second kappa shape index (κ2) is 2.99. The average Bonchev–Trinajstić information content (AvgIpc) is 1.89. The Hall–Kier alpha value is -0.340. The number of hydrogen-bond acceptors (Lipinski definition) is 2. The third-order valence-electron chi connectivity index (χ3n) is 1.79. The van der Waals surface area contributed by atoms with Gasteiger partial charge in [0.05, 0.1) is 6.04 Å². The molecule has 1 heterocycles. The molecule has 0 aromatic heterocycles. The summed E-state index contributed by atoms with van der Waals surface area (Å²) in [5, 5.41) is 10.5. The van der Waals surface area contributed by atoms with Gasteiger partial charge in [-0.15, -0.1) is 6.58 Å². The minimum atomic E-state index is 0.207. The fraction of sp³-hybridized carbons (Fsp3) is 0.714. The molecule has 9 heavy (non-hydrogen) atoms. The topological polar surface area (TPSA) is 23.5 Å². The molecule has 1 aliphatic heterocycles. The van der Waals surface area contributed by atoms with Crippen LogP contribution in [0.3, 0.4) is 0 Å². The van der Waals surface area contributed by atoms with E-state index in [9.17, 15) is 0 Å². The first-order valence-electron chi connectivity index (χ1n) is 3.42. The zero-order valence-corrected chi connectivity index (χ0v) is 5.58. The van der Waals surface area contributed by atoms with Gasteiger partial charge >= 0.3 is 0 Å². The van der Waals surface area contributed by atoms with Gasteiger partial charge in [-0.25, -0.2) is 0 Å². The molecule has 0 radical (unpaired) electrons. The highest BCUT2D eigenvalue weighted by molar-refractivity contribution is 4.86. The van der Waals surface area contributed by atoms with Crippen LogP contribution in [-0.2, 0) is 0 Å². The average molecular weight is 127 g/mol. The van der Waals surface area contributed by atoms with E-state index < -0.39 is 0 Å². The molecule has 0 aromatic carbocycles. The number of piperidine rings is 1. The molecule has 1 rings (SSSR count). The molecule has 2 heteroatoms. The van der Waals surface area contributed by atoms with Crippen molar-refractivity contribution in [1.29, 1.82) is 0 Å². The summed E-state index contributed by atoms with van der Waals surface area (Å²) in [6.45, 7) is 4.44. The smallest absolute Gasteiger partial charge is 0.0527 e. The summed E-state index contributed by atoms with van der Waals surface area (Å²) in [5.74, 6) is 0. The van der Waals surface area contributed by atoms with E-state index in [1.54, 1.807) is 6.08 Å². The highest BCUT2D eigenvalue weighted by Gasteiger charge is 2.16. The Morgan fingerprint density at radius 2 is 2.33 bits per heavy atom. The zero-order chi connectivity index (χ0) is 6.69. The molecular weight excluding hydrogens is 114 g/mol. The van der Waals surface area contributed by atoms with Crippen molar-refractivity contribution in [3.8, 4) is 0 Å². The highest BCUT2D eigenvalue weighted by Crippen LogP contribution is 2.14. The minimum absolute atomic E-state index is 0.207. The molecule has 0 amide bonds. The fourth-order valence-corrected chi connectivity index (χ4v) is 1.18. The molecular formula is C7H13NO. The van der Waals surface area contributed by atoms with E-state index in [4.69, 9.17) is 5.21 Å². The number of hydroxylamine groups is 2. The van der Waals surface area contributed by atoms with Crippen molar-refractivity contribution in [3.05, 3.63) is 12.7 Å². The molecule has 1 fully saturated rings. The van der Waals surface area contributed by atoms with Gasteiger partial charge in [0.1, 0.15) is 0 Å². The quantitative estimate of drug-likeness (QED) is 0.538. The van der Waals surface area contributed by atoms with E-state index in [1.165, 1.54) is 11.5 Å². The van der Waals surface area contributed by atoms with Gasteiger partial charge in [-0.1, -0.05) is 12.5 Å². The van der Waals surface area contributed by atoms with Gasteiger partial charge in [0.2, 0.25) is 0 Å². The summed E-state index contributed by atoms with van der Waals surface area (Å²) < 4.78 is 0. The molecule has 1 unspecified atom stereocenters. The van der Waals surface area contributed by atoms with Gasteiger partial charge in [0, 0.05) is 6.54 Å². The summed E-state index contributed by atoms with van der Waals surface area (Å²) >= 11 is 0. The molecule has 1 N–H and O–H groups in total. The van der Waals surface area contributed by atoms with E-state index in [1.807, 2.05) is 0 Å². The first-order valence-corrected chi connectivity index (χ1v) is 3.42. The summed E-state index contributed by atoms with van der Waals surface area (Å²) in [4.78, 5) is 0. The largest absolute Gasteiger partial charge is 0.313 e. The van der Waals surface area contributed by atoms with E-state index in [0.717, 1.165) is 19.4 Å². The van der Waals surface area contributed by atoms with Crippen LogP contribution in [0.25, 0.3) is 0 Å². The predicted molar refractivity (Wildman–Crippen MR) is 36.3 cm³/mol. The molecule has 52 valence electrons. The Morgan fingerprint density at radius 1 is 1.56 bits per heavy atom. The molecule has 2 nitrogen and oxygen atoms in total. The molecule has 0 bridgehead atoms. The Labute approximate surface area is 55.7 Å². The molecule has 1 aliphatic rings. The first kappa shape index (κ1) is 6.78. The maximum absolute atomic E-state index is 9.13. The summed E-state index contributed by atoms with van der Waals surface area (Å²) in [6.07, 6.45) is 5.19. The highest BCUT2D eigenvalue weighted by atomic mass is 16.5. The fourth-order valence-electron chi connectivity index (χ4n) is 1.18. The van der Waals surface area contributed by atoms with E-state index in [0.29, 0.717) is 0 Å². The summed E-state index contributed by atoms with van der Waals surface area (Å²) in [6, 6.07) is 0.207. The lowest BCUT2D eigenvalue weighted by atomic mass is 10.1. The molecule has 0 saturated carbocycles. The Balaban J connectivity index is 2.38. The SMILES string of the molecule is C=CC1CCCCN1O. The van der Waals surface area contributed by atoms with Crippen molar-refractivity contribution in [3.63, 3.8) is 0 Å². The van der Waals surface area contributed by atoms with Crippen LogP contribution in [0, 0.1) is 0 Å². The summed E-state index contributed by atoms with van der Waals surface area (Å²) in [5.41, 5.74) is 0. The molecule has 0 aliphatic carbocycles. The van der Waals surface area contributed by atoms with Crippen LogP contribution in [0.2, 0.25) is 0 Å². The Bertz CT molecular complexity index is 103. The van der Waals surface area contributed by atoms with Gasteiger partial charge in [-0.3, -0.25) is 0 Å². The minimum Gasteiger partial charge on any atom is -0.313 e. The lowest BCUT2D eigenvalue weighted by molar-refractivity contribution is -0.127. The van der Waals surface area contributed by atoms with Gasteiger partial charge in [-0.05, 0) is 12.8 Å². The predicted octanol–water partition coefficient (Wildman–Crippen LogP) is 1.42. The standard InChI is InChI=1S/C7H13NO/c1-2-7-5-3-4-6-8(7)9/h2,7,9H,1,3-6H2. The van der Waals surface area contributed by atoms with Crippen molar-refractivity contribution in [2.75, 3.05) is 6.54 Å². The van der Waals surface area contributed by atoms with Crippen molar-refractivity contribution in [2.45, 2.75) is 25.3 Å². The van der Waals surface area contributed by atoms with Crippen LogP contribution in [0.15, 0.2) is 12.7 Å². The van der Waals surface area contributed by atoms with Crippen LogP contribution in [-0.4, -0.2) is 22.9 Å². The Morgan fingerprint density at radius 3 is 2.78 bits per heavy atom. The van der Waals surface area contributed by atoms with Crippen LogP contribution in [0.1, 0.15) is 19.3 Å². The van der Waals surface area contributed by atoms with Gasteiger partial charge in [0.15, 0.2) is 0 Å². The summed E-state index contributed by atoms with van der Waals surface area (Å²) in [7, 11) is 0. The van der Waals surface area contributed by atoms with E-state index in [-0.39, 0.29) is 6.04 Å². The van der Waals surface area contributed by atoms with Crippen molar-refractivity contribution >= 4 is 0 Å². The lowest BCUT2D eigenvalue weighted by Crippen LogP contribution is -2.34. The maximum atomic E-state index is 9.13. The second-order valence-electron chi connectivity index (χ2n) is 2.46. The maximum Gasteiger partial charge on any atom is 0.0527 e. The third-order valence-corrected chi connectivity index (χ3v) is 1.79. The number of nitrogens with zero attached hydrogens (tertiary/aromatic N) is 1. The third kappa shape index (κ3) is 1.53. The monoisotopic (exact) mass is 127 g/mol. The normalized spacial score (nSPS) is 30.1. The molecule has 0 spiro atoms. The number of rotatable bonds is 1. The molecule has 1 atom stereocenters. The van der Waals surface area contributed by atoms with Crippen LogP contribution < -0.4 is 0 Å². The van der Waals surface area contributed by atoms with Gasteiger partial charge < -0.3 is 5.21 Å².